The minimum absolute atomic E-state index is 0.113. The van der Waals surface area contributed by atoms with Crippen molar-refractivity contribution in [2.75, 3.05) is 26.2 Å². The number of aliphatic hydroxyl groups is 1. The van der Waals surface area contributed by atoms with Gasteiger partial charge in [-0.15, -0.1) is 0 Å². The summed E-state index contributed by atoms with van der Waals surface area (Å²) in [5, 5.41) is 14.0. The zero-order valence-electron chi connectivity index (χ0n) is 15.8. The Balaban J connectivity index is 1.82. The van der Waals surface area contributed by atoms with Crippen LogP contribution in [0.2, 0.25) is 0 Å². The molecule has 23 heavy (non-hydrogen) atoms. The van der Waals surface area contributed by atoms with E-state index in [9.17, 15) is 5.11 Å². The molecular formula is C20H40N2O. The molecule has 1 heterocycles. The summed E-state index contributed by atoms with van der Waals surface area (Å²) in [5.41, 5.74) is 0. The molecule has 1 aliphatic heterocycles. The van der Waals surface area contributed by atoms with Crippen LogP contribution in [0.4, 0.5) is 0 Å². The van der Waals surface area contributed by atoms with E-state index in [4.69, 9.17) is 0 Å². The van der Waals surface area contributed by atoms with Gasteiger partial charge in [-0.1, -0.05) is 40.0 Å². The molecule has 3 unspecified atom stereocenters. The Hall–Kier alpha value is -0.120. The molecule has 0 bridgehead atoms. The Morgan fingerprint density at radius 1 is 1.09 bits per heavy atom. The van der Waals surface area contributed by atoms with Gasteiger partial charge in [0.25, 0.3) is 0 Å². The highest BCUT2D eigenvalue weighted by molar-refractivity contribution is 4.86. The summed E-state index contributed by atoms with van der Waals surface area (Å²) in [6.07, 6.45) is 10.2. The van der Waals surface area contributed by atoms with Crippen molar-refractivity contribution >= 4 is 0 Å². The second-order valence-corrected chi connectivity index (χ2v) is 8.62. The van der Waals surface area contributed by atoms with Gasteiger partial charge in [0.15, 0.2) is 0 Å². The maximum atomic E-state index is 10.1. The van der Waals surface area contributed by atoms with Gasteiger partial charge in [0.2, 0.25) is 0 Å². The maximum Gasteiger partial charge on any atom is 0.0540 e. The maximum absolute atomic E-state index is 10.1. The Morgan fingerprint density at radius 2 is 1.83 bits per heavy atom. The minimum Gasteiger partial charge on any atom is -0.393 e. The highest BCUT2D eigenvalue weighted by Gasteiger charge is 2.29. The molecule has 136 valence electrons. The smallest absolute Gasteiger partial charge is 0.0540 e. The predicted molar refractivity (Wildman–Crippen MR) is 98.7 cm³/mol. The molecular weight excluding hydrogens is 284 g/mol. The standard InChI is InChI=1S/C20H40N2O/c1-4-20(23)11-18-10-19(15-22(14-18)13-16(2)3)21-12-17-8-6-5-7-9-17/h16-21,23H,4-15H2,1-3H3. The van der Waals surface area contributed by atoms with E-state index in [0.717, 1.165) is 24.7 Å². The number of likely N-dealkylation sites (tertiary alicyclic amines) is 1. The molecule has 2 aliphatic rings. The molecule has 3 atom stereocenters. The Morgan fingerprint density at radius 3 is 2.48 bits per heavy atom. The van der Waals surface area contributed by atoms with Gasteiger partial charge in [-0.05, 0) is 56.4 Å². The van der Waals surface area contributed by atoms with E-state index in [0.29, 0.717) is 12.0 Å². The molecule has 1 saturated heterocycles. The lowest BCUT2D eigenvalue weighted by Gasteiger charge is -2.40. The fourth-order valence-electron chi connectivity index (χ4n) is 4.56. The third-order valence-corrected chi connectivity index (χ3v) is 5.73. The molecule has 0 aromatic carbocycles. The first-order valence-corrected chi connectivity index (χ1v) is 10.2. The first kappa shape index (κ1) is 19.2. The summed E-state index contributed by atoms with van der Waals surface area (Å²) in [6.45, 7) is 11.5. The monoisotopic (exact) mass is 324 g/mol. The van der Waals surface area contributed by atoms with Gasteiger partial charge in [-0.25, -0.2) is 0 Å². The third-order valence-electron chi connectivity index (χ3n) is 5.73. The normalized spacial score (nSPS) is 29.1. The number of piperidine rings is 1. The van der Waals surface area contributed by atoms with Crippen molar-refractivity contribution < 1.29 is 5.11 Å². The Labute approximate surface area is 144 Å². The summed E-state index contributed by atoms with van der Waals surface area (Å²) in [7, 11) is 0. The van der Waals surface area contributed by atoms with Gasteiger partial charge >= 0.3 is 0 Å². The zero-order valence-corrected chi connectivity index (χ0v) is 15.8. The Kier molecular flexibility index (Phi) is 8.35. The van der Waals surface area contributed by atoms with Crippen LogP contribution in [-0.4, -0.2) is 48.3 Å². The summed E-state index contributed by atoms with van der Waals surface area (Å²) >= 11 is 0. The number of nitrogens with one attached hydrogen (secondary N) is 1. The van der Waals surface area contributed by atoms with Crippen LogP contribution in [-0.2, 0) is 0 Å². The summed E-state index contributed by atoms with van der Waals surface area (Å²) < 4.78 is 0. The van der Waals surface area contributed by atoms with Crippen LogP contribution in [0.1, 0.15) is 72.1 Å². The molecule has 0 aromatic rings. The van der Waals surface area contributed by atoms with Gasteiger partial charge in [0.05, 0.1) is 6.10 Å². The van der Waals surface area contributed by atoms with Crippen molar-refractivity contribution in [3.63, 3.8) is 0 Å². The van der Waals surface area contributed by atoms with Crippen LogP contribution in [0.25, 0.3) is 0 Å². The summed E-state index contributed by atoms with van der Waals surface area (Å²) in [6, 6.07) is 0.624. The summed E-state index contributed by atoms with van der Waals surface area (Å²) in [4.78, 5) is 2.64. The van der Waals surface area contributed by atoms with Gasteiger partial charge in [-0.2, -0.15) is 0 Å². The van der Waals surface area contributed by atoms with Gasteiger partial charge in [0, 0.05) is 25.7 Å². The lowest BCUT2D eigenvalue weighted by molar-refractivity contribution is 0.0771. The lowest BCUT2D eigenvalue weighted by Crippen LogP contribution is -2.51. The van der Waals surface area contributed by atoms with E-state index in [1.807, 2.05) is 0 Å². The van der Waals surface area contributed by atoms with E-state index in [2.05, 4.69) is 31.0 Å². The van der Waals surface area contributed by atoms with Crippen molar-refractivity contribution in [1.82, 2.24) is 10.2 Å². The van der Waals surface area contributed by atoms with Gasteiger partial charge in [-0.3, -0.25) is 0 Å². The number of hydrogen-bond acceptors (Lipinski definition) is 3. The number of rotatable bonds is 8. The molecule has 0 aromatic heterocycles. The number of hydrogen-bond donors (Lipinski definition) is 2. The van der Waals surface area contributed by atoms with Crippen molar-refractivity contribution in [2.24, 2.45) is 17.8 Å². The largest absolute Gasteiger partial charge is 0.393 e. The van der Waals surface area contributed by atoms with Crippen LogP contribution >= 0.6 is 0 Å². The molecule has 3 heteroatoms. The highest BCUT2D eigenvalue weighted by Crippen LogP contribution is 2.25. The lowest BCUT2D eigenvalue weighted by atomic mass is 9.86. The van der Waals surface area contributed by atoms with Crippen molar-refractivity contribution in [2.45, 2.75) is 84.3 Å². The first-order valence-electron chi connectivity index (χ1n) is 10.2. The van der Waals surface area contributed by atoms with E-state index >= 15 is 0 Å². The van der Waals surface area contributed by atoms with Crippen LogP contribution in [0, 0.1) is 17.8 Å². The fourth-order valence-corrected chi connectivity index (χ4v) is 4.56. The molecule has 1 aliphatic carbocycles. The molecule has 0 amide bonds. The summed E-state index contributed by atoms with van der Waals surface area (Å²) in [5.74, 6) is 2.29. The molecule has 0 spiro atoms. The molecule has 1 saturated carbocycles. The van der Waals surface area contributed by atoms with Crippen molar-refractivity contribution in [3.05, 3.63) is 0 Å². The van der Waals surface area contributed by atoms with E-state index < -0.39 is 0 Å². The molecule has 2 N–H and O–H groups in total. The minimum atomic E-state index is -0.113. The molecule has 0 radical (unpaired) electrons. The second-order valence-electron chi connectivity index (χ2n) is 8.62. The average Bonchev–Trinajstić information content (AvgIpc) is 2.53. The van der Waals surface area contributed by atoms with Crippen LogP contribution in [0.3, 0.4) is 0 Å². The SMILES string of the molecule is CCC(O)CC1CC(NCC2CCCCC2)CN(CC(C)C)C1. The molecule has 3 nitrogen and oxygen atoms in total. The number of nitrogens with zero attached hydrogens (tertiary/aromatic N) is 1. The van der Waals surface area contributed by atoms with Crippen LogP contribution in [0.5, 0.6) is 0 Å². The van der Waals surface area contributed by atoms with Gasteiger partial charge < -0.3 is 15.3 Å². The van der Waals surface area contributed by atoms with Crippen molar-refractivity contribution in [1.29, 1.82) is 0 Å². The number of aliphatic hydroxyl groups excluding tert-OH is 1. The average molecular weight is 325 g/mol. The van der Waals surface area contributed by atoms with Crippen molar-refractivity contribution in [3.8, 4) is 0 Å². The molecule has 2 rings (SSSR count). The first-order chi connectivity index (χ1) is 11.1. The third kappa shape index (κ3) is 7.11. The quantitative estimate of drug-likeness (QED) is 0.715. The molecule has 2 fully saturated rings. The van der Waals surface area contributed by atoms with Crippen LogP contribution in [0.15, 0.2) is 0 Å². The van der Waals surface area contributed by atoms with Gasteiger partial charge in [0.1, 0.15) is 0 Å². The Bertz CT molecular complexity index is 315. The van der Waals surface area contributed by atoms with E-state index in [1.165, 1.54) is 64.7 Å². The van der Waals surface area contributed by atoms with Crippen LogP contribution < -0.4 is 5.32 Å². The fraction of sp³-hybridized carbons (Fsp3) is 1.00. The van der Waals surface area contributed by atoms with E-state index in [1.54, 1.807) is 0 Å². The second kappa shape index (κ2) is 10.0. The highest BCUT2D eigenvalue weighted by atomic mass is 16.3. The van der Waals surface area contributed by atoms with E-state index in [-0.39, 0.29) is 6.10 Å². The predicted octanol–water partition coefficient (Wildman–Crippen LogP) is 3.66. The zero-order chi connectivity index (χ0) is 16.7. The topological polar surface area (TPSA) is 35.5 Å².